The molecule has 232 valence electrons. The summed E-state index contributed by atoms with van der Waals surface area (Å²) in [6.07, 6.45) is 5.26. The Morgan fingerprint density at radius 3 is 2.42 bits per heavy atom. The van der Waals surface area contributed by atoms with Crippen LogP contribution in [0.15, 0.2) is 48.5 Å². The average Bonchev–Trinajstić information content (AvgIpc) is 3.40. The van der Waals surface area contributed by atoms with Crippen molar-refractivity contribution in [1.29, 1.82) is 0 Å². The van der Waals surface area contributed by atoms with Crippen LogP contribution >= 0.6 is 0 Å². The third-order valence-electron chi connectivity index (χ3n) is 7.41. The molecule has 2 aromatic carbocycles. The number of likely N-dealkylation sites (N-methyl/N-ethyl adjacent to an activating group) is 1. The number of carbonyl (C=O) groups is 2. The van der Waals surface area contributed by atoms with E-state index in [1.165, 1.54) is 5.56 Å². The Labute approximate surface area is 254 Å². The van der Waals surface area contributed by atoms with Crippen molar-refractivity contribution in [3.05, 3.63) is 76.6 Å². The predicted molar refractivity (Wildman–Crippen MR) is 165 cm³/mol. The minimum Gasteiger partial charge on any atom is -0.492 e. The average molecular weight is 592 g/mol. The van der Waals surface area contributed by atoms with Gasteiger partial charge in [0, 0.05) is 38.3 Å². The second-order valence-corrected chi connectivity index (χ2v) is 10.8. The quantitative estimate of drug-likeness (QED) is 0.187. The van der Waals surface area contributed by atoms with Gasteiger partial charge in [-0.15, -0.1) is 5.10 Å². The number of nitrogens with zero attached hydrogens (tertiary/aromatic N) is 3. The van der Waals surface area contributed by atoms with Crippen LogP contribution in [0, 0.1) is 0 Å². The van der Waals surface area contributed by atoms with E-state index >= 15 is 0 Å². The van der Waals surface area contributed by atoms with Crippen molar-refractivity contribution in [2.75, 3.05) is 40.4 Å². The monoisotopic (exact) mass is 591 g/mol. The second-order valence-electron chi connectivity index (χ2n) is 10.8. The molecule has 1 atom stereocenters. The van der Waals surface area contributed by atoms with Gasteiger partial charge >= 0.3 is 0 Å². The standard InChI is InChI=1S/C32H45N7O4/c1-33-18-20-42-27-15-13-26(14-16-27)32(41)35-17-6-19-39-31-28(37-38-39)7-4-3-5-8-29(31)43-23-30(40)36-22-25-11-9-24(10-12-25)21-34-2/h9-16,29,33-34H,3-8,17-23H2,1-2H3,(H,35,41)(H,36,40). The Kier molecular flexibility index (Phi) is 13.0. The number of benzene rings is 2. The Bertz CT molecular complexity index is 1280. The van der Waals surface area contributed by atoms with Crippen molar-refractivity contribution >= 4 is 11.8 Å². The molecule has 11 heteroatoms. The van der Waals surface area contributed by atoms with Crippen molar-refractivity contribution in [3.8, 4) is 5.75 Å². The highest BCUT2D eigenvalue weighted by Crippen LogP contribution is 2.29. The summed E-state index contributed by atoms with van der Waals surface area (Å²) in [4.78, 5) is 25.3. The van der Waals surface area contributed by atoms with E-state index in [2.05, 4.69) is 43.7 Å². The topological polar surface area (TPSA) is 131 Å². The Balaban J connectivity index is 1.25. The summed E-state index contributed by atoms with van der Waals surface area (Å²) in [6, 6.07) is 15.3. The summed E-state index contributed by atoms with van der Waals surface area (Å²) in [5, 5.41) is 21.0. The van der Waals surface area contributed by atoms with E-state index in [0.717, 1.165) is 67.9 Å². The number of ether oxygens (including phenoxy) is 2. The summed E-state index contributed by atoms with van der Waals surface area (Å²) in [5.74, 6) is 0.456. The van der Waals surface area contributed by atoms with E-state index in [0.29, 0.717) is 38.2 Å². The summed E-state index contributed by atoms with van der Waals surface area (Å²) >= 11 is 0. The molecule has 0 saturated carbocycles. The van der Waals surface area contributed by atoms with Crippen LogP contribution in [-0.4, -0.2) is 67.2 Å². The van der Waals surface area contributed by atoms with Gasteiger partial charge in [0.1, 0.15) is 25.1 Å². The van der Waals surface area contributed by atoms with Gasteiger partial charge in [-0.25, -0.2) is 4.68 Å². The third-order valence-corrected chi connectivity index (χ3v) is 7.41. The maximum Gasteiger partial charge on any atom is 0.251 e. The molecule has 0 radical (unpaired) electrons. The first-order valence-electron chi connectivity index (χ1n) is 15.3. The SMILES string of the molecule is CNCCOc1ccc(C(=O)NCCCn2nnc3c2C(OCC(=O)NCc2ccc(CNC)cc2)CCCCC3)cc1. The van der Waals surface area contributed by atoms with Gasteiger partial charge in [-0.2, -0.15) is 0 Å². The molecule has 1 aromatic heterocycles. The molecular weight excluding hydrogens is 546 g/mol. The van der Waals surface area contributed by atoms with Crippen molar-refractivity contribution in [1.82, 2.24) is 36.3 Å². The Morgan fingerprint density at radius 2 is 1.67 bits per heavy atom. The number of carbonyl (C=O) groups excluding carboxylic acids is 2. The van der Waals surface area contributed by atoms with Gasteiger partial charge < -0.3 is 30.7 Å². The van der Waals surface area contributed by atoms with Crippen LogP contribution in [0.2, 0.25) is 0 Å². The summed E-state index contributed by atoms with van der Waals surface area (Å²) in [6.45, 7) is 3.66. The fourth-order valence-electron chi connectivity index (χ4n) is 5.06. The van der Waals surface area contributed by atoms with Crippen molar-refractivity contribution in [2.24, 2.45) is 0 Å². The van der Waals surface area contributed by atoms with E-state index in [1.807, 2.05) is 30.9 Å². The number of aromatic nitrogens is 3. The molecule has 1 heterocycles. The summed E-state index contributed by atoms with van der Waals surface area (Å²) in [5.41, 5.74) is 4.72. The lowest BCUT2D eigenvalue weighted by molar-refractivity contribution is -0.128. The fourth-order valence-corrected chi connectivity index (χ4v) is 5.06. The van der Waals surface area contributed by atoms with Crippen molar-refractivity contribution in [3.63, 3.8) is 0 Å². The first-order valence-corrected chi connectivity index (χ1v) is 15.3. The van der Waals surface area contributed by atoms with Gasteiger partial charge in [0.2, 0.25) is 5.91 Å². The molecule has 3 aromatic rings. The normalized spacial score (nSPS) is 14.8. The van der Waals surface area contributed by atoms with E-state index in [9.17, 15) is 9.59 Å². The highest BCUT2D eigenvalue weighted by Gasteiger charge is 2.25. The van der Waals surface area contributed by atoms with Crippen LogP contribution in [0.3, 0.4) is 0 Å². The Morgan fingerprint density at radius 1 is 0.907 bits per heavy atom. The molecule has 1 aliphatic carbocycles. The number of amides is 2. The highest BCUT2D eigenvalue weighted by atomic mass is 16.5. The van der Waals surface area contributed by atoms with E-state index in [1.54, 1.807) is 24.3 Å². The number of hydrogen-bond donors (Lipinski definition) is 4. The number of nitrogens with one attached hydrogen (secondary N) is 4. The maximum absolute atomic E-state index is 12.7. The van der Waals surface area contributed by atoms with E-state index in [-0.39, 0.29) is 24.5 Å². The molecule has 11 nitrogen and oxygen atoms in total. The van der Waals surface area contributed by atoms with Gasteiger partial charge in [-0.1, -0.05) is 42.3 Å². The lowest BCUT2D eigenvalue weighted by Crippen LogP contribution is -2.29. The zero-order valence-electron chi connectivity index (χ0n) is 25.4. The zero-order valence-corrected chi connectivity index (χ0v) is 25.4. The molecular formula is C32H45N7O4. The van der Waals surface area contributed by atoms with Gasteiger partial charge in [0.25, 0.3) is 5.91 Å². The lowest BCUT2D eigenvalue weighted by atomic mass is 9.98. The van der Waals surface area contributed by atoms with Crippen LogP contribution in [0.4, 0.5) is 0 Å². The smallest absolute Gasteiger partial charge is 0.251 e. The fraction of sp³-hybridized carbons (Fsp3) is 0.500. The van der Waals surface area contributed by atoms with Gasteiger partial charge in [-0.3, -0.25) is 9.59 Å². The molecule has 43 heavy (non-hydrogen) atoms. The molecule has 0 aliphatic heterocycles. The molecule has 0 bridgehead atoms. The van der Waals surface area contributed by atoms with Crippen LogP contribution in [0.1, 0.15) is 71.1 Å². The van der Waals surface area contributed by atoms with Gasteiger partial charge in [0.05, 0.1) is 11.4 Å². The molecule has 0 saturated heterocycles. The van der Waals surface area contributed by atoms with Crippen LogP contribution in [-0.2, 0) is 35.6 Å². The van der Waals surface area contributed by atoms with E-state index in [4.69, 9.17) is 9.47 Å². The van der Waals surface area contributed by atoms with Crippen LogP contribution in [0.5, 0.6) is 5.75 Å². The van der Waals surface area contributed by atoms with Crippen molar-refractivity contribution in [2.45, 2.75) is 64.3 Å². The van der Waals surface area contributed by atoms with Crippen LogP contribution in [0.25, 0.3) is 0 Å². The molecule has 1 unspecified atom stereocenters. The molecule has 1 aliphatic rings. The summed E-state index contributed by atoms with van der Waals surface area (Å²) in [7, 11) is 3.79. The molecule has 0 spiro atoms. The highest BCUT2D eigenvalue weighted by molar-refractivity contribution is 5.94. The number of fused-ring (bicyclic) bond motifs is 1. The predicted octanol–water partition coefficient (Wildman–Crippen LogP) is 2.91. The third kappa shape index (κ3) is 10.2. The van der Waals surface area contributed by atoms with Gasteiger partial charge in [-0.05, 0) is 75.2 Å². The molecule has 2 amide bonds. The lowest BCUT2D eigenvalue weighted by Gasteiger charge is -2.22. The minimum atomic E-state index is -0.250. The maximum atomic E-state index is 12.7. The Hall–Kier alpha value is -3.80. The first kappa shape index (κ1) is 32.1. The van der Waals surface area contributed by atoms with Crippen LogP contribution < -0.4 is 26.0 Å². The molecule has 0 fully saturated rings. The largest absolute Gasteiger partial charge is 0.492 e. The van der Waals surface area contributed by atoms with Gasteiger partial charge in [0.15, 0.2) is 0 Å². The zero-order chi connectivity index (χ0) is 30.3. The van der Waals surface area contributed by atoms with Crippen molar-refractivity contribution < 1.29 is 19.1 Å². The summed E-state index contributed by atoms with van der Waals surface area (Å²) < 4.78 is 13.7. The second kappa shape index (κ2) is 17.3. The number of rotatable bonds is 16. The minimum absolute atomic E-state index is 0.0253. The number of aryl methyl sites for hydroxylation is 2. The molecule has 4 rings (SSSR count). The molecule has 4 N–H and O–H groups in total. The first-order chi connectivity index (χ1) is 21.1. The van der Waals surface area contributed by atoms with E-state index < -0.39 is 0 Å². The number of hydrogen-bond acceptors (Lipinski definition) is 8.